The lowest BCUT2D eigenvalue weighted by atomic mass is 9.84. The van der Waals surface area contributed by atoms with Crippen LogP contribution >= 0.6 is 7.82 Å². The molecule has 0 radical (unpaired) electrons. The van der Waals surface area contributed by atoms with Gasteiger partial charge in [0, 0.05) is 19.3 Å². The molecule has 19 atom stereocenters. The Morgan fingerprint density at radius 1 is 0.406 bits per heavy atom. The number of carbonyl (C=O) groups excluding carboxylic acids is 3. The molecule has 11 N–H and O–H groups in total. The average Bonchev–Trinajstić information content (AvgIpc) is 0.761. The van der Waals surface area contributed by atoms with Crippen molar-refractivity contribution in [2.45, 2.75) is 408 Å². The Labute approximate surface area is 605 Å². The normalized spacial score (nSPS) is 27.6. The van der Waals surface area contributed by atoms with Gasteiger partial charge in [-0.2, -0.15) is 0 Å². The fraction of sp³-hybridized carbons (Fsp3) is 0.908. The SMILES string of the molecule is CCCCCC/C=C\CCCCCCCCCC(=O)OCC(COP(=O)(O)OC1C(OC2OC(CO)C(O)C(O)C2O)C(O)C(O)C(O)C1OC1OC(COC(=O)CCCCCCCCC/C=C\CCCCCC)C(O)C(O)C1O)OC(=O)CCCCCCCCC(C)CCCCCCCC. The molecule has 0 spiro atoms. The Hall–Kier alpha value is -2.56. The van der Waals surface area contributed by atoms with Crippen molar-refractivity contribution in [2.24, 2.45) is 5.92 Å². The minimum atomic E-state index is -5.70. The predicted molar refractivity (Wildman–Crippen MR) is 384 cm³/mol. The lowest BCUT2D eigenvalue weighted by Crippen LogP contribution is -2.69. The summed E-state index contributed by atoms with van der Waals surface area (Å²) in [6.07, 6.45) is 16.5. The van der Waals surface area contributed by atoms with Gasteiger partial charge in [0.25, 0.3) is 0 Å². The van der Waals surface area contributed by atoms with E-state index in [1.165, 1.54) is 103 Å². The van der Waals surface area contributed by atoms with Crippen molar-refractivity contribution < 1.29 is 117 Å². The summed E-state index contributed by atoms with van der Waals surface area (Å²) in [7, 11) is -5.70. The van der Waals surface area contributed by atoms with E-state index in [0.29, 0.717) is 25.2 Å². The summed E-state index contributed by atoms with van der Waals surface area (Å²) in [5.41, 5.74) is 0. The molecule has 1 saturated carbocycles. The van der Waals surface area contributed by atoms with Gasteiger partial charge in [0.2, 0.25) is 0 Å². The number of unbranched alkanes of at least 4 members (excludes halogenated alkanes) is 32. The summed E-state index contributed by atoms with van der Waals surface area (Å²) in [5.74, 6) is -1.32. The fourth-order valence-electron chi connectivity index (χ4n) is 13.1. The van der Waals surface area contributed by atoms with Crippen LogP contribution in [0.25, 0.3) is 0 Å². The molecular formula is C76H139O24P. The number of esters is 3. The van der Waals surface area contributed by atoms with Crippen LogP contribution in [0.15, 0.2) is 24.3 Å². The number of rotatable bonds is 61. The maximum absolute atomic E-state index is 14.4. The summed E-state index contributed by atoms with van der Waals surface area (Å²) >= 11 is 0. The van der Waals surface area contributed by atoms with Crippen LogP contribution in [0.4, 0.5) is 0 Å². The van der Waals surface area contributed by atoms with E-state index in [-0.39, 0.29) is 19.3 Å². The summed E-state index contributed by atoms with van der Waals surface area (Å²) in [5, 5.41) is 110. The maximum atomic E-state index is 14.4. The average molecular weight is 1470 g/mol. The number of phosphoric acid groups is 1. The second-order valence-electron chi connectivity index (χ2n) is 28.7. The zero-order valence-corrected chi connectivity index (χ0v) is 63.0. The smallest absolute Gasteiger partial charge is 0.463 e. The molecule has 0 aromatic carbocycles. The van der Waals surface area contributed by atoms with Gasteiger partial charge in [-0.05, 0) is 76.5 Å². The van der Waals surface area contributed by atoms with E-state index in [1.807, 2.05) is 0 Å². The molecule has 2 heterocycles. The van der Waals surface area contributed by atoms with Gasteiger partial charge in [-0.1, -0.05) is 238 Å². The quantitative estimate of drug-likeness (QED) is 0.00886. The maximum Gasteiger partial charge on any atom is 0.472 e. The van der Waals surface area contributed by atoms with E-state index in [0.717, 1.165) is 135 Å². The van der Waals surface area contributed by atoms with Crippen LogP contribution in [-0.4, -0.2) is 204 Å². The van der Waals surface area contributed by atoms with E-state index in [1.54, 1.807) is 0 Å². The van der Waals surface area contributed by atoms with Crippen molar-refractivity contribution in [3.05, 3.63) is 24.3 Å². The van der Waals surface area contributed by atoms with Crippen molar-refractivity contribution >= 4 is 25.7 Å². The standard InChI is InChI=1S/C76H139O24P/c1-5-8-11-14-17-19-21-23-25-27-29-31-33-39-44-49-60(78)92-53-57(95-62(80)51-46-41-36-35-38-43-48-56(4)47-42-37-16-13-10-7-3)54-94-101(90,91)100-74-72(98-75-70(88)65(83)63(81)58(52-77)96-75)68(86)67(85)69(87)73(74)99-76-71(89)66(84)64(82)59(97-76)55-93-61(79)50-45-40-34-32-30-28-26-24-22-20-18-15-12-9-6-2/h19-22,56-59,63-77,81-89H,5-18,23-55H2,1-4H3,(H,90,91)/b21-19-,22-20-. The zero-order valence-electron chi connectivity index (χ0n) is 62.1. The first kappa shape index (κ1) is 92.6. The molecular weight excluding hydrogens is 1330 g/mol. The van der Waals surface area contributed by atoms with E-state index < -0.39 is 156 Å². The molecule has 0 aromatic heterocycles. The van der Waals surface area contributed by atoms with Gasteiger partial charge >= 0.3 is 25.7 Å². The topological polar surface area (TPSA) is 374 Å². The van der Waals surface area contributed by atoms with Gasteiger partial charge in [0.15, 0.2) is 18.7 Å². The summed E-state index contributed by atoms with van der Waals surface area (Å²) in [6.45, 7) is 5.75. The van der Waals surface area contributed by atoms with Gasteiger partial charge in [0.05, 0.1) is 13.2 Å². The zero-order chi connectivity index (χ0) is 74.1. The molecule has 3 rings (SSSR count). The first-order valence-corrected chi connectivity index (χ1v) is 41.0. The fourth-order valence-corrected chi connectivity index (χ4v) is 14.0. The highest BCUT2D eigenvalue weighted by atomic mass is 31.2. The summed E-state index contributed by atoms with van der Waals surface area (Å²) < 4.78 is 65.2. The first-order valence-electron chi connectivity index (χ1n) is 39.5. The number of ether oxygens (including phenoxy) is 7. The molecule has 3 fully saturated rings. The number of phosphoric ester groups is 1. The summed E-state index contributed by atoms with van der Waals surface area (Å²) in [6, 6.07) is 0. The summed E-state index contributed by atoms with van der Waals surface area (Å²) in [4.78, 5) is 51.2. The van der Waals surface area contributed by atoms with Crippen molar-refractivity contribution in [1.82, 2.24) is 0 Å². The van der Waals surface area contributed by atoms with Crippen LogP contribution in [-0.2, 0) is 61.2 Å². The molecule has 1 aliphatic carbocycles. The van der Waals surface area contributed by atoms with Gasteiger partial charge in [-0.25, -0.2) is 4.57 Å². The Bertz CT molecular complexity index is 2190. The molecule has 2 aliphatic heterocycles. The molecule has 25 heteroatoms. The number of allylic oxidation sites excluding steroid dienone is 4. The molecule has 2 saturated heterocycles. The molecule has 101 heavy (non-hydrogen) atoms. The lowest BCUT2D eigenvalue weighted by Gasteiger charge is -2.49. The van der Waals surface area contributed by atoms with E-state index in [2.05, 4.69) is 52.0 Å². The number of aliphatic hydroxyl groups excluding tert-OH is 10. The highest BCUT2D eigenvalue weighted by Gasteiger charge is 2.58. The van der Waals surface area contributed by atoms with Crippen LogP contribution in [0.3, 0.4) is 0 Å². The molecule has 0 aromatic rings. The van der Waals surface area contributed by atoms with Crippen molar-refractivity contribution in [3.63, 3.8) is 0 Å². The Kier molecular flexibility index (Phi) is 52.0. The van der Waals surface area contributed by atoms with E-state index in [4.69, 9.17) is 42.2 Å². The molecule has 0 amide bonds. The first-order chi connectivity index (χ1) is 48.7. The van der Waals surface area contributed by atoms with Crippen LogP contribution in [0.5, 0.6) is 0 Å². The number of carbonyl (C=O) groups is 3. The highest BCUT2D eigenvalue weighted by Crippen LogP contribution is 2.49. The molecule has 24 nitrogen and oxygen atoms in total. The minimum absolute atomic E-state index is 0.0232. The molecule has 19 unspecified atom stereocenters. The molecule has 3 aliphatic rings. The van der Waals surface area contributed by atoms with Crippen molar-refractivity contribution in [1.29, 1.82) is 0 Å². The van der Waals surface area contributed by atoms with Crippen molar-refractivity contribution in [3.8, 4) is 0 Å². The van der Waals surface area contributed by atoms with E-state index in [9.17, 15) is 74.9 Å². The molecule has 0 bridgehead atoms. The van der Waals surface area contributed by atoms with Gasteiger partial charge in [0.1, 0.15) is 98.7 Å². The minimum Gasteiger partial charge on any atom is -0.463 e. The predicted octanol–water partition coefficient (Wildman–Crippen LogP) is 11.5. The second-order valence-corrected chi connectivity index (χ2v) is 30.1. The van der Waals surface area contributed by atoms with Crippen LogP contribution in [0, 0.1) is 5.92 Å². The third kappa shape index (κ3) is 39.7. The van der Waals surface area contributed by atoms with Crippen molar-refractivity contribution in [2.75, 3.05) is 26.4 Å². The Morgan fingerprint density at radius 3 is 1.18 bits per heavy atom. The lowest BCUT2D eigenvalue weighted by molar-refractivity contribution is -0.360. The number of hydrogen-bond donors (Lipinski definition) is 11. The monoisotopic (exact) mass is 1470 g/mol. The van der Waals surface area contributed by atoms with E-state index >= 15 is 0 Å². The Morgan fingerprint density at radius 2 is 0.752 bits per heavy atom. The highest BCUT2D eigenvalue weighted by molar-refractivity contribution is 7.47. The molecule has 592 valence electrons. The number of hydrogen-bond acceptors (Lipinski definition) is 23. The largest absolute Gasteiger partial charge is 0.472 e. The van der Waals surface area contributed by atoms with Gasteiger partial charge < -0.3 is 89.1 Å². The Balaban J connectivity index is 1.73. The van der Waals surface area contributed by atoms with Crippen LogP contribution < -0.4 is 0 Å². The van der Waals surface area contributed by atoms with Gasteiger partial charge in [-0.3, -0.25) is 23.4 Å². The van der Waals surface area contributed by atoms with Crippen LogP contribution in [0.1, 0.15) is 304 Å². The third-order valence-electron chi connectivity index (χ3n) is 19.6. The van der Waals surface area contributed by atoms with Crippen LogP contribution in [0.2, 0.25) is 0 Å². The number of aliphatic hydroxyl groups is 10. The third-order valence-corrected chi connectivity index (χ3v) is 20.6. The van der Waals surface area contributed by atoms with Gasteiger partial charge in [-0.15, -0.1) is 0 Å². The second kappa shape index (κ2) is 56.7.